The minimum absolute atomic E-state index is 0.0328. The Kier molecular flexibility index (Phi) is 6.17. The third-order valence-corrected chi connectivity index (χ3v) is 6.65. The number of anilines is 2. The Morgan fingerprint density at radius 2 is 2.18 bits per heavy atom. The molecule has 150 valence electrons. The van der Waals surface area contributed by atoms with Crippen molar-refractivity contribution in [3.8, 4) is 0 Å². The Balaban J connectivity index is 1.60. The summed E-state index contributed by atoms with van der Waals surface area (Å²) in [7, 11) is -3.78. The number of thioether (sulfide) groups is 1. The molecule has 2 heterocycles. The fraction of sp³-hybridized carbons (Fsp3) is 0.333. The van der Waals surface area contributed by atoms with Gasteiger partial charge in [0.2, 0.25) is 21.1 Å². The highest BCUT2D eigenvalue weighted by atomic mass is 32.2. The number of rotatable bonds is 6. The van der Waals surface area contributed by atoms with E-state index in [1.807, 2.05) is 0 Å². The number of amides is 2. The van der Waals surface area contributed by atoms with Crippen LogP contribution in [0.4, 0.5) is 15.6 Å². The van der Waals surface area contributed by atoms with Crippen LogP contribution in [0.1, 0.15) is 12.5 Å². The fourth-order valence-electron chi connectivity index (χ4n) is 2.59. The Morgan fingerprint density at radius 1 is 1.39 bits per heavy atom. The molecule has 0 aliphatic carbocycles. The van der Waals surface area contributed by atoms with Crippen molar-refractivity contribution >= 4 is 55.9 Å². The van der Waals surface area contributed by atoms with Gasteiger partial charge in [0.05, 0.1) is 17.3 Å². The van der Waals surface area contributed by atoms with Crippen molar-refractivity contribution in [2.24, 2.45) is 5.14 Å². The molecular formula is C15H17N5O5S3. The summed E-state index contributed by atoms with van der Waals surface area (Å²) in [6, 6.07) is 4.49. The number of nitrogens with two attached hydrogens (primary N) is 1. The zero-order chi connectivity index (χ0) is 20.3. The standard InChI is InChI=1S/C15H17N5O5S3/c1-2-25-14(22)17-13-18-19-15(27-13)26-8-12(21)20-6-5-9-7-10(28(16,23)24)3-4-11(9)20/h3-4,7H,2,5-6,8H2,1H3,(H2,16,23,24)(H,17,18,22). The van der Waals surface area contributed by atoms with E-state index >= 15 is 0 Å². The van der Waals surface area contributed by atoms with Crippen LogP contribution in [0.5, 0.6) is 0 Å². The molecular weight excluding hydrogens is 426 g/mol. The van der Waals surface area contributed by atoms with Gasteiger partial charge in [-0.15, -0.1) is 10.2 Å². The van der Waals surface area contributed by atoms with E-state index in [1.165, 1.54) is 23.9 Å². The predicted octanol–water partition coefficient (Wildman–Crippen LogP) is 1.44. The maximum absolute atomic E-state index is 12.6. The van der Waals surface area contributed by atoms with Crippen LogP contribution in [0.15, 0.2) is 27.4 Å². The van der Waals surface area contributed by atoms with E-state index in [0.717, 1.165) is 16.9 Å². The summed E-state index contributed by atoms with van der Waals surface area (Å²) < 4.78 is 28.2. The number of nitrogens with zero attached hydrogens (tertiary/aromatic N) is 3. The molecule has 13 heteroatoms. The first-order valence-corrected chi connectivity index (χ1v) is 11.5. The molecule has 0 radical (unpaired) electrons. The first-order valence-electron chi connectivity index (χ1n) is 8.14. The summed E-state index contributed by atoms with van der Waals surface area (Å²) in [5, 5.41) is 15.6. The van der Waals surface area contributed by atoms with Crippen LogP contribution in [-0.2, 0) is 26.0 Å². The number of nitrogens with one attached hydrogen (secondary N) is 1. The third kappa shape index (κ3) is 4.79. The van der Waals surface area contributed by atoms with Gasteiger partial charge in [0, 0.05) is 12.2 Å². The van der Waals surface area contributed by atoms with Crippen molar-refractivity contribution in [3.05, 3.63) is 23.8 Å². The molecule has 3 N–H and O–H groups in total. The normalized spacial score (nSPS) is 13.3. The summed E-state index contributed by atoms with van der Waals surface area (Å²) in [4.78, 5) is 25.6. The number of carbonyl (C=O) groups excluding carboxylic acids is 2. The second-order valence-corrected chi connectivity index (χ2v) is 9.40. The lowest BCUT2D eigenvalue weighted by atomic mass is 10.2. The number of hydrogen-bond acceptors (Lipinski definition) is 9. The van der Waals surface area contributed by atoms with Crippen LogP contribution in [0.2, 0.25) is 0 Å². The molecule has 2 aromatic rings. The number of hydrogen-bond donors (Lipinski definition) is 2. The molecule has 3 rings (SSSR count). The molecule has 0 saturated carbocycles. The average molecular weight is 444 g/mol. The number of ether oxygens (including phenoxy) is 1. The maximum atomic E-state index is 12.6. The van der Waals surface area contributed by atoms with Crippen molar-refractivity contribution in [1.82, 2.24) is 10.2 Å². The molecule has 2 amide bonds. The fourth-order valence-corrected chi connectivity index (χ4v) is 4.77. The molecule has 1 aliphatic rings. The first kappa shape index (κ1) is 20.5. The van der Waals surface area contributed by atoms with E-state index in [1.54, 1.807) is 17.9 Å². The van der Waals surface area contributed by atoms with Crippen LogP contribution in [0.25, 0.3) is 0 Å². The van der Waals surface area contributed by atoms with Crippen LogP contribution >= 0.6 is 23.1 Å². The van der Waals surface area contributed by atoms with Gasteiger partial charge in [-0.1, -0.05) is 23.1 Å². The van der Waals surface area contributed by atoms with Crippen LogP contribution < -0.4 is 15.4 Å². The van der Waals surface area contributed by atoms with Crippen molar-refractivity contribution in [1.29, 1.82) is 0 Å². The maximum Gasteiger partial charge on any atom is 0.413 e. The van der Waals surface area contributed by atoms with Gasteiger partial charge in [0.15, 0.2) is 4.34 Å². The Hall–Kier alpha value is -2.22. The second-order valence-electron chi connectivity index (χ2n) is 5.64. The Labute approximate surface area is 169 Å². The minimum atomic E-state index is -3.78. The van der Waals surface area contributed by atoms with E-state index in [-0.39, 0.29) is 28.3 Å². The molecule has 10 nitrogen and oxygen atoms in total. The van der Waals surface area contributed by atoms with Crippen molar-refractivity contribution in [2.75, 3.05) is 29.1 Å². The van der Waals surface area contributed by atoms with Crippen LogP contribution in [-0.4, -0.2) is 49.5 Å². The zero-order valence-corrected chi connectivity index (χ0v) is 17.2. The zero-order valence-electron chi connectivity index (χ0n) is 14.7. The lowest BCUT2D eigenvalue weighted by molar-refractivity contribution is -0.116. The quantitative estimate of drug-likeness (QED) is 0.504. The van der Waals surface area contributed by atoms with Gasteiger partial charge in [-0.3, -0.25) is 10.1 Å². The third-order valence-electron chi connectivity index (χ3n) is 3.79. The molecule has 0 unspecified atom stereocenters. The predicted molar refractivity (Wildman–Crippen MR) is 105 cm³/mol. The molecule has 0 spiro atoms. The van der Waals surface area contributed by atoms with Gasteiger partial charge in [-0.05, 0) is 37.1 Å². The topological polar surface area (TPSA) is 145 Å². The van der Waals surface area contributed by atoms with Crippen molar-refractivity contribution in [3.63, 3.8) is 0 Å². The Bertz CT molecular complexity index is 1010. The molecule has 1 aromatic heterocycles. The van der Waals surface area contributed by atoms with E-state index in [4.69, 9.17) is 9.88 Å². The highest BCUT2D eigenvalue weighted by molar-refractivity contribution is 8.01. The van der Waals surface area contributed by atoms with Crippen molar-refractivity contribution < 1.29 is 22.7 Å². The molecule has 1 aliphatic heterocycles. The average Bonchev–Trinajstić information content (AvgIpc) is 3.25. The van der Waals surface area contributed by atoms with E-state index in [2.05, 4.69) is 15.5 Å². The van der Waals surface area contributed by atoms with E-state index < -0.39 is 16.1 Å². The van der Waals surface area contributed by atoms with Gasteiger partial charge < -0.3 is 9.64 Å². The number of primary sulfonamides is 1. The van der Waals surface area contributed by atoms with Gasteiger partial charge in [-0.25, -0.2) is 18.4 Å². The molecule has 1 aromatic carbocycles. The lowest BCUT2D eigenvalue weighted by Gasteiger charge is -2.16. The van der Waals surface area contributed by atoms with E-state index in [0.29, 0.717) is 23.0 Å². The highest BCUT2D eigenvalue weighted by Gasteiger charge is 2.26. The molecule has 0 bridgehead atoms. The molecule has 0 saturated heterocycles. The summed E-state index contributed by atoms with van der Waals surface area (Å²) in [6.45, 7) is 2.41. The van der Waals surface area contributed by atoms with Crippen LogP contribution in [0, 0.1) is 0 Å². The summed E-state index contributed by atoms with van der Waals surface area (Å²) >= 11 is 2.34. The van der Waals surface area contributed by atoms with E-state index in [9.17, 15) is 18.0 Å². The second kappa shape index (κ2) is 8.43. The number of aromatic nitrogens is 2. The van der Waals surface area contributed by atoms with Gasteiger partial charge >= 0.3 is 6.09 Å². The SMILES string of the molecule is CCOC(=O)Nc1nnc(SCC(=O)N2CCc3cc(S(N)(=O)=O)ccc32)s1. The summed E-state index contributed by atoms with van der Waals surface area (Å²) in [6.07, 6.45) is -0.0552. The Morgan fingerprint density at radius 3 is 2.89 bits per heavy atom. The number of benzene rings is 1. The van der Waals surface area contributed by atoms with Crippen molar-refractivity contribution in [2.45, 2.75) is 22.6 Å². The minimum Gasteiger partial charge on any atom is -0.450 e. The largest absolute Gasteiger partial charge is 0.450 e. The van der Waals surface area contributed by atoms with Gasteiger partial charge in [0.25, 0.3) is 0 Å². The lowest BCUT2D eigenvalue weighted by Crippen LogP contribution is -2.30. The monoisotopic (exact) mass is 443 g/mol. The summed E-state index contributed by atoms with van der Waals surface area (Å²) in [5.41, 5.74) is 1.45. The molecule has 28 heavy (non-hydrogen) atoms. The number of sulfonamides is 1. The number of fused-ring (bicyclic) bond motifs is 1. The van der Waals surface area contributed by atoms with Gasteiger partial charge in [0.1, 0.15) is 0 Å². The highest BCUT2D eigenvalue weighted by Crippen LogP contribution is 2.32. The number of carbonyl (C=O) groups is 2. The first-order chi connectivity index (χ1) is 13.3. The molecule has 0 fully saturated rings. The molecule has 0 atom stereocenters. The summed E-state index contributed by atoms with van der Waals surface area (Å²) in [5.74, 6) is -0.00746. The van der Waals surface area contributed by atoms with Gasteiger partial charge in [-0.2, -0.15) is 0 Å². The smallest absolute Gasteiger partial charge is 0.413 e. The van der Waals surface area contributed by atoms with Crippen LogP contribution in [0.3, 0.4) is 0 Å².